The molecule has 3 rings (SSSR count). The van der Waals surface area contributed by atoms with Crippen molar-refractivity contribution in [2.45, 2.75) is 6.61 Å². The molecule has 1 fully saturated rings. The van der Waals surface area contributed by atoms with Gasteiger partial charge in [0.25, 0.3) is 5.91 Å². The maximum Gasteiger partial charge on any atom is 0.326 e. The fraction of sp³-hybridized carbons (Fsp3) is 0.111. The first-order valence-corrected chi connectivity index (χ1v) is 8.52. The molecular formula is C18H15IN2O4. The topological polar surface area (TPSA) is 76.7 Å². The van der Waals surface area contributed by atoms with E-state index in [-0.39, 0.29) is 5.70 Å². The maximum absolute atomic E-state index is 11.6. The molecule has 7 heteroatoms. The Morgan fingerprint density at radius 3 is 2.44 bits per heavy atom. The Morgan fingerprint density at radius 1 is 1.04 bits per heavy atom. The van der Waals surface area contributed by atoms with Crippen molar-refractivity contribution in [3.63, 3.8) is 0 Å². The molecule has 2 aromatic carbocycles. The quantitative estimate of drug-likeness (QED) is 0.417. The summed E-state index contributed by atoms with van der Waals surface area (Å²) in [4.78, 5) is 22.7. The summed E-state index contributed by atoms with van der Waals surface area (Å²) < 4.78 is 12.3. The predicted octanol–water partition coefficient (Wildman–Crippen LogP) is 3.06. The van der Waals surface area contributed by atoms with Gasteiger partial charge in [-0.1, -0.05) is 18.2 Å². The van der Waals surface area contributed by atoms with Crippen LogP contribution in [0.25, 0.3) is 6.08 Å². The van der Waals surface area contributed by atoms with Crippen molar-refractivity contribution in [3.8, 4) is 11.5 Å². The highest BCUT2D eigenvalue weighted by molar-refractivity contribution is 14.1. The zero-order valence-electron chi connectivity index (χ0n) is 13.3. The SMILES string of the molecule is COc1cc(/C=C2/NC(=O)NC2=O)ccc1OCc1ccc(I)cc1. The summed E-state index contributed by atoms with van der Waals surface area (Å²) >= 11 is 2.25. The van der Waals surface area contributed by atoms with Crippen LogP contribution in [0.15, 0.2) is 48.2 Å². The van der Waals surface area contributed by atoms with E-state index in [1.807, 2.05) is 24.3 Å². The van der Waals surface area contributed by atoms with Gasteiger partial charge in [-0.25, -0.2) is 4.79 Å². The molecule has 1 aliphatic rings. The summed E-state index contributed by atoms with van der Waals surface area (Å²) in [6, 6.07) is 12.8. The summed E-state index contributed by atoms with van der Waals surface area (Å²) in [6.45, 7) is 0.423. The number of halogens is 1. The molecule has 0 radical (unpaired) electrons. The van der Waals surface area contributed by atoms with E-state index in [0.29, 0.717) is 23.7 Å². The predicted molar refractivity (Wildman–Crippen MR) is 101 cm³/mol. The number of amides is 3. The van der Waals surface area contributed by atoms with Crippen LogP contribution in [0.2, 0.25) is 0 Å². The van der Waals surface area contributed by atoms with Gasteiger partial charge in [-0.05, 0) is 64.1 Å². The summed E-state index contributed by atoms with van der Waals surface area (Å²) in [7, 11) is 1.55. The lowest BCUT2D eigenvalue weighted by Gasteiger charge is -2.11. The van der Waals surface area contributed by atoms with Gasteiger partial charge in [0.05, 0.1) is 7.11 Å². The van der Waals surface area contributed by atoms with Gasteiger partial charge in [0.1, 0.15) is 12.3 Å². The van der Waals surface area contributed by atoms with Crippen LogP contribution >= 0.6 is 22.6 Å². The summed E-state index contributed by atoms with van der Waals surface area (Å²) in [5.74, 6) is 0.690. The second kappa shape index (κ2) is 7.56. The number of urea groups is 1. The molecule has 3 amide bonds. The molecule has 1 saturated heterocycles. The average Bonchev–Trinajstić information content (AvgIpc) is 2.92. The molecule has 0 spiro atoms. The van der Waals surface area contributed by atoms with Crippen molar-refractivity contribution < 1.29 is 19.1 Å². The van der Waals surface area contributed by atoms with Crippen LogP contribution in [0.5, 0.6) is 11.5 Å². The minimum absolute atomic E-state index is 0.194. The second-order valence-electron chi connectivity index (χ2n) is 5.29. The molecular weight excluding hydrogens is 435 g/mol. The van der Waals surface area contributed by atoms with Crippen LogP contribution in [0, 0.1) is 3.57 Å². The smallest absolute Gasteiger partial charge is 0.326 e. The van der Waals surface area contributed by atoms with Crippen LogP contribution in [-0.4, -0.2) is 19.0 Å². The zero-order chi connectivity index (χ0) is 17.8. The standard InChI is InChI=1S/C18H15IN2O4/c1-24-16-9-12(8-14-17(22)21-18(23)20-14)4-7-15(16)25-10-11-2-5-13(19)6-3-11/h2-9H,10H2,1H3,(H2,20,21,22,23)/b14-8+. The van der Waals surface area contributed by atoms with Gasteiger partial charge in [0, 0.05) is 3.57 Å². The largest absolute Gasteiger partial charge is 0.493 e. The lowest BCUT2D eigenvalue weighted by Crippen LogP contribution is -2.22. The molecule has 1 heterocycles. The van der Waals surface area contributed by atoms with Gasteiger partial charge in [0.2, 0.25) is 0 Å². The molecule has 0 bridgehead atoms. The number of methoxy groups -OCH3 is 1. The van der Waals surface area contributed by atoms with E-state index in [1.54, 1.807) is 31.4 Å². The molecule has 2 aromatic rings. The van der Waals surface area contributed by atoms with E-state index < -0.39 is 11.9 Å². The van der Waals surface area contributed by atoms with Gasteiger partial charge in [-0.15, -0.1) is 0 Å². The second-order valence-corrected chi connectivity index (χ2v) is 6.54. The average molecular weight is 450 g/mol. The molecule has 0 atom stereocenters. The van der Waals surface area contributed by atoms with Crippen molar-refractivity contribution in [2.24, 2.45) is 0 Å². The van der Waals surface area contributed by atoms with Crippen LogP contribution in [0.4, 0.5) is 4.79 Å². The number of benzene rings is 2. The molecule has 0 aromatic heterocycles. The Kier molecular flexibility index (Phi) is 5.22. The van der Waals surface area contributed by atoms with Gasteiger partial charge < -0.3 is 14.8 Å². The van der Waals surface area contributed by atoms with Gasteiger partial charge >= 0.3 is 6.03 Å². The van der Waals surface area contributed by atoms with Crippen molar-refractivity contribution in [2.75, 3.05) is 7.11 Å². The van der Waals surface area contributed by atoms with E-state index in [1.165, 1.54) is 3.57 Å². The number of carbonyl (C=O) groups excluding carboxylic acids is 2. The number of carbonyl (C=O) groups is 2. The Labute approximate surface area is 158 Å². The summed E-state index contributed by atoms with van der Waals surface area (Å²) in [5.41, 5.74) is 1.96. The van der Waals surface area contributed by atoms with E-state index in [0.717, 1.165) is 5.56 Å². The Bertz CT molecular complexity index is 847. The molecule has 25 heavy (non-hydrogen) atoms. The fourth-order valence-corrected chi connectivity index (χ4v) is 2.64. The zero-order valence-corrected chi connectivity index (χ0v) is 15.5. The summed E-state index contributed by atoms with van der Waals surface area (Å²) in [5, 5.41) is 4.60. The lowest BCUT2D eigenvalue weighted by atomic mass is 10.1. The number of hydrogen-bond acceptors (Lipinski definition) is 4. The van der Waals surface area contributed by atoms with E-state index >= 15 is 0 Å². The molecule has 0 unspecified atom stereocenters. The van der Waals surface area contributed by atoms with Crippen LogP contribution < -0.4 is 20.1 Å². The monoisotopic (exact) mass is 450 g/mol. The molecule has 0 aliphatic carbocycles. The number of ether oxygens (including phenoxy) is 2. The molecule has 0 saturated carbocycles. The lowest BCUT2D eigenvalue weighted by molar-refractivity contribution is -0.115. The third kappa shape index (κ3) is 4.30. The van der Waals surface area contributed by atoms with Crippen LogP contribution in [-0.2, 0) is 11.4 Å². The first-order chi connectivity index (χ1) is 12.0. The highest BCUT2D eigenvalue weighted by Gasteiger charge is 2.22. The first kappa shape index (κ1) is 17.3. The van der Waals surface area contributed by atoms with Crippen LogP contribution in [0.3, 0.4) is 0 Å². The van der Waals surface area contributed by atoms with Crippen molar-refractivity contribution in [1.29, 1.82) is 0 Å². The van der Waals surface area contributed by atoms with E-state index in [4.69, 9.17) is 9.47 Å². The minimum atomic E-state index is -0.527. The van der Waals surface area contributed by atoms with Gasteiger partial charge in [0.15, 0.2) is 11.5 Å². The van der Waals surface area contributed by atoms with Gasteiger partial charge in [-0.2, -0.15) is 0 Å². The fourth-order valence-electron chi connectivity index (χ4n) is 2.28. The Hall–Kier alpha value is -2.55. The Balaban J connectivity index is 1.75. The van der Waals surface area contributed by atoms with Crippen molar-refractivity contribution in [3.05, 3.63) is 62.9 Å². The maximum atomic E-state index is 11.6. The molecule has 6 nitrogen and oxygen atoms in total. The number of imide groups is 1. The minimum Gasteiger partial charge on any atom is -0.493 e. The van der Waals surface area contributed by atoms with Crippen LogP contribution in [0.1, 0.15) is 11.1 Å². The number of rotatable bonds is 5. The molecule has 128 valence electrons. The highest BCUT2D eigenvalue weighted by atomic mass is 127. The highest BCUT2D eigenvalue weighted by Crippen LogP contribution is 2.29. The Morgan fingerprint density at radius 2 is 1.80 bits per heavy atom. The van der Waals surface area contributed by atoms with Crippen molar-refractivity contribution >= 4 is 40.6 Å². The van der Waals surface area contributed by atoms with E-state index in [9.17, 15) is 9.59 Å². The van der Waals surface area contributed by atoms with E-state index in [2.05, 4.69) is 33.2 Å². The summed E-state index contributed by atoms with van der Waals surface area (Å²) in [6.07, 6.45) is 1.58. The normalized spacial score (nSPS) is 15.0. The molecule has 2 N–H and O–H groups in total. The third-order valence-electron chi connectivity index (χ3n) is 3.53. The van der Waals surface area contributed by atoms with Gasteiger partial charge in [-0.3, -0.25) is 10.1 Å². The third-order valence-corrected chi connectivity index (χ3v) is 4.25. The number of hydrogen-bond donors (Lipinski definition) is 2. The molecule has 1 aliphatic heterocycles. The first-order valence-electron chi connectivity index (χ1n) is 7.44. The van der Waals surface area contributed by atoms with Crippen molar-refractivity contribution in [1.82, 2.24) is 10.6 Å². The number of nitrogens with one attached hydrogen (secondary N) is 2.